The number of ether oxygens (including phenoxy) is 1. The second-order valence-corrected chi connectivity index (χ2v) is 5.37. The lowest BCUT2D eigenvalue weighted by Crippen LogP contribution is -2.48. The Morgan fingerprint density at radius 3 is 2.09 bits per heavy atom. The van der Waals surface area contributed by atoms with Crippen LogP contribution < -0.4 is 4.74 Å². The zero-order valence-electron chi connectivity index (χ0n) is 12.7. The molecule has 1 heterocycles. The Labute approximate surface area is 135 Å². The molecule has 0 aromatic heterocycles. The zero-order valence-corrected chi connectivity index (χ0v) is 12.7. The van der Waals surface area contributed by atoms with Gasteiger partial charge in [0.1, 0.15) is 11.5 Å². The van der Waals surface area contributed by atoms with E-state index >= 15 is 0 Å². The number of amides is 2. The van der Waals surface area contributed by atoms with E-state index in [1.54, 1.807) is 34.1 Å². The molecule has 0 aliphatic carbocycles. The Morgan fingerprint density at radius 1 is 0.870 bits per heavy atom. The molecular formula is C18H18N2O3. The lowest BCUT2D eigenvalue weighted by molar-refractivity contribution is -0.119. The average Bonchev–Trinajstić information content (AvgIpc) is 2.63. The number of hydrogen-bond donors (Lipinski definition) is 0. The molecule has 118 valence electrons. The third-order valence-corrected chi connectivity index (χ3v) is 3.83. The Morgan fingerprint density at radius 2 is 1.48 bits per heavy atom. The summed E-state index contributed by atoms with van der Waals surface area (Å²) in [6.45, 7) is 2.31. The van der Waals surface area contributed by atoms with E-state index in [9.17, 15) is 9.59 Å². The second kappa shape index (κ2) is 6.96. The van der Waals surface area contributed by atoms with E-state index in [1.807, 2.05) is 30.3 Å². The molecule has 5 nitrogen and oxygen atoms in total. The molecule has 1 aliphatic heterocycles. The molecule has 1 saturated heterocycles. The SMILES string of the molecule is O=CN1CCN(C(=O)c2ccc(Oc3ccccc3)cc2)CC1. The Kier molecular flexibility index (Phi) is 4.57. The number of carbonyl (C=O) groups excluding carboxylic acids is 2. The zero-order chi connectivity index (χ0) is 16.1. The van der Waals surface area contributed by atoms with Crippen LogP contribution in [0.15, 0.2) is 54.6 Å². The van der Waals surface area contributed by atoms with Crippen molar-refractivity contribution < 1.29 is 14.3 Å². The highest BCUT2D eigenvalue weighted by Gasteiger charge is 2.21. The van der Waals surface area contributed by atoms with Gasteiger partial charge in [-0.25, -0.2) is 0 Å². The second-order valence-electron chi connectivity index (χ2n) is 5.37. The standard InChI is InChI=1S/C18H18N2O3/c21-14-19-10-12-20(13-11-19)18(22)15-6-8-17(9-7-15)23-16-4-2-1-3-5-16/h1-9,14H,10-13H2. The van der Waals surface area contributed by atoms with Gasteiger partial charge in [0.25, 0.3) is 5.91 Å². The molecule has 1 fully saturated rings. The predicted molar refractivity (Wildman–Crippen MR) is 86.5 cm³/mol. The van der Waals surface area contributed by atoms with Crippen LogP contribution in [0.3, 0.4) is 0 Å². The van der Waals surface area contributed by atoms with E-state index in [4.69, 9.17) is 4.74 Å². The van der Waals surface area contributed by atoms with Crippen molar-refractivity contribution in [1.82, 2.24) is 9.80 Å². The summed E-state index contributed by atoms with van der Waals surface area (Å²) in [4.78, 5) is 26.6. The minimum Gasteiger partial charge on any atom is -0.457 e. The first-order chi connectivity index (χ1) is 11.3. The summed E-state index contributed by atoms with van der Waals surface area (Å²) in [6, 6.07) is 16.6. The van der Waals surface area contributed by atoms with Crippen molar-refractivity contribution in [2.75, 3.05) is 26.2 Å². The molecule has 0 unspecified atom stereocenters. The summed E-state index contributed by atoms with van der Waals surface area (Å²) < 4.78 is 5.72. The third-order valence-electron chi connectivity index (χ3n) is 3.83. The molecule has 0 bridgehead atoms. The van der Waals surface area contributed by atoms with Gasteiger partial charge >= 0.3 is 0 Å². The van der Waals surface area contributed by atoms with E-state index in [0.29, 0.717) is 37.5 Å². The van der Waals surface area contributed by atoms with Gasteiger partial charge in [0, 0.05) is 31.7 Å². The molecule has 2 amide bonds. The van der Waals surface area contributed by atoms with Gasteiger partial charge in [0.2, 0.25) is 6.41 Å². The molecule has 5 heteroatoms. The number of rotatable bonds is 4. The highest BCUT2D eigenvalue weighted by molar-refractivity contribution is 5.94. The molecule has 23 heavy (non-hydrogen) atoms. The summed E-state index contributed by atoms with van der Waals surface area (Å²) in [5, 5.41) is 0. The van der Waals surface area contributed by atoms with Crippen molar-refractivity contribution in [2.24, 2.45) is 0 Å². The average molecular weight is 310 g/mol. The monoisotopic (exact) mass is 310 g/mol. The number of benzene rings is 2. The van der Waals surface area contributed by atoms with Crippen LogP contribution in [0.5, 0.6) is 11.5 Å². The molecular weight excluding hydrogens is 292 g/mol. The Hall–Kier alpha value is -2.82. The molecule has 0 atom stereocenters. The maximum Gasteiger partial charge on any atom is 0.253 e. The van der Waals surface area contributed by atoms with Crippen LogP contribution in [0.4, 0.5) is 0 Å². The van der Waals surface area contributed by atoms with Gasteiger partial charge in [-0.15, -0.1) is 0 Å². The van der Waals surface area contributed by atoms with Crippen molar-refractivity contribution in [3.05, 3.63) is 60.2 Å². The first-order valence-electron chi connectivity index (χ1n) is 7.58. The Balaban J connectivity index is 1.63. The van der Waals surface area contributed by atoms with Gasteiger partial charge in [-0.3, -0.25) is 9.59 Å². The molecule has 0 radical (unpaired) electrons. The number of carbonyl (C=O) groups is 2. The van der Waals surface area contributed by atoms with Crippen LogP contribution in [-0.2, 0) is 4.79 Å². The van der Waals surface area contributed by atoms with Gasteiger partial charge in [-0.1, -0.05) is 18.2 Å². The maximum atomic E-state index is 12.4. The largest absolute Gasteiger partial charge is 0.457 e. The van der Waals surface area contributed by atoms with Crippen molar-refractivity contribution >= 4 is 12.3 Å². The summed E-state index contributed by atoms with van der Waals surface area (Å²) in [7, 11) is 0. The van der Waals surface area contributed by atoms with Crippen LogP contribution in [0.1, 0.15) is 10.4 Å². The van der Waals surface area contributed by atoms with Gasteiger partial charge < -0.3 is 14.5 Å². The predicted octanol–water partition coefficient (Wildman–Crippen LogP) is 2.39. The fourth-order valence-electron chi connectivity index (χ4n) is 2.50. The quantitative estimate of drug-likeness (QED) is 0.815. The third kappa shape index (κ3) is 3.69. The molecule has 3 rings (SSSR count). The fourth-order valence-corrected chi connectivity index (χ4v) is 2.50. The summed E-state index contributed by atoms with van der Waals surface area (Å²) in [5.74, 6) is 1.44. The number of para-hydroxylation sites is 1. The van der Waals surface area contributed by atoms with E-state index in [2.05, 4.69) is 0 Å². The first-order valence-corrected chi connectivity index (χ1v) is 7.58. The van der Waals surface area contributed by atoms with Gasteiger partial charge in [-0.05, 0) is 36.4 Å². The number of hydrogen-bond acceptors (Lipinski definition) is 3. The summed E-state index contributed by atoms with van der Waals surface area (Å²) >= 11 is 0. The van der Waals surface area contributed by atoms with Crippen molar-refractivity contribution in [2.45, 2.75) is 0 Å². The van der Waals surface area contributed by atoms with Gasteiger partial charge in [-0.2, -0.15) is 0 Å². The van der Waals surface area contributed by atoms with E-state index in [0.717, 1.165) is 12.2 Å². The summed E-state index contributed by atoms with van der Waals surface area (Å²) in [6.07, 6.45) is 0.831. The minimum atomic E-state index is -0.0122. The maximum absolute atomic E-state index is 12.4. The molecule has 2 aromatic rings. The molecule has 1 aliphatic rings. The van der Waals surface area contributed by atoms with Crippen LogP contribution in [-0.4, -0.2) is 48.3 Å². The van der Waals surface area contributed by atoms with Gasteiger partial charge in [0.15, 0.2) is 0 Å². The molecule has 0 spiro atoms. The van der Waals surface area contributed by atoms with Crippen molar-refractivity contribution in [1.29, 1.82) is 0 Å². The lowest BCUT2D eigenvalue weighted by atomic mass is 10.1. The molecule has 2 aromatic carbocycles. The molecule has 0 saturated carbocycles. The Bertz CT molecular complexity index is 662. The fraction of sp³-hybridized carbons (Fsp3) is 0.222. The number of piperazine rings is 1. The molecule has 0 N–H and O–H groups in total. The van der Waals surface area contributed by atoms with E-state index in [1.165, 1.54) is 0 Å². The van der Waals surface area contributed by atoms with Crippen LogP contribution in [0, 0.1) is 0 Å². The van der Waals surface area contributed by atoms with Crippen molar-refractivity contribution in [3.63, 3.8) is 0 Å². The summed E-state index contributed by atoms with van der Waals surface area (Å²) in [5.41, 5.74) is 0.630. The minimum absolute atomic E-state index is 0.0122. The lowest BCUT2D eigenvalue weighted by Gasteiger charge is -2.32. The van der Waals surface area contributed by atoms with Crippen LogP contribution in [0.25, 0.3) is 0 Å². The van der Waals surface area contributed by atoms with Gasteiger partial charge in [0.05, 0.1) is 0 Å². The van der Waals surface area contributed by atoms with E-state index < -0.39 is 0 Å². The number of nitrogens with zero attached hydrogens (tertiary/aromatic N) is 2. The normalized spacial score (nSPS) is 14.4. The highest BCUT2D eigenvalue weighted by atomic mass is 16.5. The van der Waals surface area contributed by atoms with Crippen LogP contribution >= 0.6 is 0 Å². The van der Waals surface area contributed by atoms with E-state index in [-0.39, 0.29) is 5.91 Å². The first kappa shape index (κ1) is 15.1. The highest BCUT2D eigenvalue weighted by Crippen LogP contribution is 2.21. The van der Waals surface area contributed by atoms with Crippen LogP contribution in [0.2, 0.25) is 0 Å². The smallest absolute Gasteiger partial charge is 0.253 e. The van der Waals surface area contributed by atoms with Crippen molar-refractivity contribution in [3.8, 4) is 11.5 Å². The topological polar surface area (TPSA) is 49.9 Å².